The van der Waals surface area contributed by atoms with Crippen molar-refractivity contribution < 1.29 is 27.8 Å². The smallest absolute Gasteiger partial charge is 0.455 e. The molecule has 2 aromatic rings. The number of aromatic nitrogens is 1. The first-order valence-corrected chi connectivity index (χ1v) is 7.26. The lowest BCUT2D eigenvalue weighted by Gasteiger charge is -2.21. The number of carbonyl (C=O) groups is 1. The van der Waals surface area contributed by atoms with E-state index in [0.29, 0.717) is 12.2 Å². The standard InChI is InChI=1S/C16H13F2NO5/c1-3-8-6-19-7-11(24-16(21)22-4-2)14(20)9-5-10(17)12(18)15(23-8)13(9)19/h5-7H,3-4H2,1-2H3. The Kier molecular flexibility index (Phi) is 3.96. The van der Waals surface area contributed by atoms with E-state index in [1.807, 2.05) is 0 Å². The van der Waals surface area contributed by atoms with Gasteiger partial charge in [-0.3, -0.25) is 4.79 Å². The lowest BCUT2D eigenvalue weighted by Crippen LogP contribution is -2.20. The summed E-state index contributed by atoms with van der Waals surface area (Å²) >= 11 is 0. The number of ether oxygens (including phenoxy) is 3. The van der Waals surface area contributed by atoms with Gasteiger partial charge in [-0.2, -0.15) is 4.39 Å². The number of halogens is 2. The van der Waals surface area contributed by atoms with Gasteiger partial charge in [-0.15, -0.1) is 0 Å². The summed E-state index contributed by atoms with van der Waals surface area (Å²) < 4.78 is 44.1. The van der Waals surface area contributed by atoms with Crippen molar-refractivity contribution in [2.45, 2.75) is 20.3 Å². The van der Waals surface area contributed by atoms with Crippen LogP contribution in [0, 0.1) is 11.6 Å². The molecule has 0 fully saturated rings. The molecule has 0 atom stereocenters. The van der Waals surface area contributed by atoms with Crippen LogP contribution in [0.2, 0.25) is 0 Å². The van der Waals surface area contributed by atoms with Gasteiger partial charge in [0.25, 0.3) is 0 Å². The third kappa shape index (κ3) is 2.49. The summed E-state index contributed by atoms with van der Waals surface area (Å²) in [6.07, 6.45) is 2.07. The van der Waals surface area contributed by atoms with E-state index < -0.39 is 23.2 Å². The van der Waals surface area contributed by atoms with Crippen LogP contribution in [0.5, 0.6) is 11.5 Å². The number of nitrogens with zero attached hydrogens (tertiary/aromatic N) is 1. The maximum absolute atomic E-state index is 14.1. The summed E-state index contributed by atoms with van der Waals surface area (Å²) in [6, 6.07) is 0.749. The van der Waals surface area contributed by atoms with Crippen LogP contribution in [0.4, 0.5) is 13.6 Å². The second kappa shape index (κ2) is 5.95. The minimum absolute atomic E-state index is 0.0623. The zero-order valence-corrected chi connectivity index (χ0v) is 12.9. The van der Waals surface area contributed by atoms with Crippen LogP contribution in [0.1, 0.15) is 20.3 Å². The average Bonchev–Trinajstić information content (AvgIpc) is 2.55. The van der Waals surface area contributed by atoms with Gasteiger partial charge in [0.1, 0.15) is 11.3 Å². The number of hydrogen-bond donors (Lipinski definition) is 0. The van der Waals surface area contributed by atoms with Gasteiger partial charge >= 0.3 is 6.16 Å². The van der Waals surface area contributed by atoms with Gasteiger partial charge in [-0.25, -0.2) is 9.18 Å². The molecule has 0 bridgehead atoms. The van der Waals surface area contributed by atoms with Gasteiger partial charge < -0.3 is 18.8 Å². The molecule has 1 aromatic carbocycles. The Labute approximate surface area is 134 Å². The summed E-state index contributed by atoms with van der Waals surface area (Å²) in [4.78, 5) is 23.9. The molecular weight excluding hydrogens is 324 g/mol. The van der Waals surface area contributed by atoms with E-state index in [9.17, 15) is 18.4 Å². The Morgan fingerprint density at radius 2 is 2.08 bits per heavy atom. The Hall–Kier alpha value is -2.90. The van der Waals surface area contributed by atoms with Crippen LogP contribution in [0.3, 0.4) is 0 Å². The van der Waals surface area contributed by atoms with Gasteiger partial charge in [0.2, 0.25) is 11.2 Å². The summed E-state index contributed by atoms with van der Waals surface area (Å²) in [5.41, 5.74) is -0.710. The number of rotatable bonds is 3. The molecule has 1 aliphatic rings. The quantitative estimate of drug-likeness (QED) is 0.803. The van der Waals surface area contributed by atoms with E-state index in [4.69, 9.17) is 9.47 Å². The monoisotopic (exact) mass is 337 g/mol. The molecule has 0 radical (unpaired) electrons. The molecule has 1 aliphatic heterocycles. The normalized spacial score (nSPS) is 12.6. The van der Waals surface area contributed by atoms with Crippen LogP contribution in [0.15, 0.2) is 22.8 Å². The van der Waals surface area contributed by atoms with E-state index in [1.165, 1.54) is 17.0 Å². The molecule has 0 aliphatic carbocycles. The number of hydrogen-bond acceptors (Lipinski definition) is 5. The molecule has 3 rings (SSSR count). The van der Waals surface area contributed by atoms with Crippen LogP contribution in [-0.2, 0) is 4.74 Å². The van der Waals surface area contributed by atoms with Gasteiger partial charge in [-0.1, -0.05) is 6.92 Å². The van der Waals surface area contributed by atoms with Crippen LogP contribution < -0.4 is 14.9 Å². The highest BCUT2D eigenvalue weighted by Crippen LogP contribution is 2.35. The molecule has 0 spiro atoms. The molecule has 0 unspecified atom stereocenters. The SMILES string of the molecule is CCOC(=O)Oc1cn2c3c(c(F)c(F)cc3c1=O)OC(CC)=C2. The van der Waals surface area contributed by atoms with Gasteiger partial charge in [-0.05, 0) is 13.0 Å². The molecule has 6 nitrogen and oxygen atoms in total. The van der Waals surface area contributed by atoms with Crippen LogP contribution in [0.25, 0.3) is 17.1 Å². The van der Waals surface area contributed by atoms with Crippen molar-refractivity contribution in [2.24, 2.45) is 0 Å². The molecule has 0 N–H and O–H groups in total. The predicted molar refractivity (Wildman–Crippen MR) is 81.0 cm³/mol. The predicted octanol–water partition coefficient (Wildman–Crippen LogP) is 3.42. The fourth-order valence-corrected chi connectivity index (χ4v) is 2.39. The molecule has 8 heteroatoms. The van der Waals surface area contributed by atoms with E-state index in [-0.39, 0.29) is 29.0 Å². The molecule has 0 saturated carbocycles. The van der Waals surface area contributed by atoms with Crippen molar-refractivity contribution in [1.82, 2.24) is 4.57 Å². The van der Waals surface area contributed by atoms with Crippen molar-refractivity contribution in [3.05, 3.63) is 39.9 Å². The van der Waals surface area contributed by atoms with Crippen molar-refractivity contribution in [3.8, 4) is 11.5 Å². The summed E-state index contributed by atoms with van der Waals surface area (Å²) in [7, 11) is 0. The van der Waals surface area contributed by atoms with E-state index in [2.05, 4.69) is 4.74 Å². The molecule has 126 valence electrons. The van der Waals surface area contributed by atoms with Gasteiger partial charge in [0, 0.05) is 12.6 Å². The first-order valence-electron chi connectivity index (χ1n) is 7.26. The highest BCUT2D eigenvalue weighted by atomic mass is 19.2. The Morgan fingerprint density at radius 3 is 2.75 bits per heavy atom. The molecule has 1 aromatic heterocycles. The van der Waals surface area contributed by atoms with Crippen molar-refractivity contribution in [1.29, 1.82) is 0 Å². The second-order valence-corrected chi connectivity index (χ2v) is 4.96. The van der Waals surface area contributed by atoms with Gasteiger partial charge in [0.15, 0.2) is 17.3 Å². The maximum atomic E-state index is 14.1. The fraction of sp³-hybridized carbons (Fsp3) is 0.250. The van der Waals surface area contributed by atoms with E-state index >= 15 is 0 Å². The number of allylic oxidation sites excluding steroid dienone is 1. The van der Waals surface area contributed by atoms with Crippen molar-refractivity contribution >= 4 is 23.3 Å². The third-order valence-corrected chi connectivity index (χ3v) is 3.45. The zero-order chi connectivity index (χ0) is 17.4. The zero-order valence-electron chi connectivity index (χ0n) is 12.9. The molecular formula is C16H13F2NO5. The van der Waals surface area contributed by atoms with Crippen molar-refractivity contribution in [3.63, 3.8) is 0 Å². The molecule has 0 amide bonds. The Morgan fingerprint density at radius 1 is 1.33 bits per heavy atom. The van der Waals surface area contributed by atoms with E-state index in [0.717, 1.165) is 6.07 Å². The Balaban J connectivity index is 2.28. The average molecular weight is 337 g/mol. The minimum atomic E-state index is -1.23. The maximum Gasteiger partial charge on any atom is 0.514 e. The first-order chi connectivity index (χ1) is 11.5. The molecule has 2 heterocycles. The largest absolute Gasteiger partial charge is 0.514 e. The van der Waals surface area contributed by atoms with Crippen LogP contribution in [-0.4, -0.2) is 17.3 Å². The van der Waals surface area contributed by atoms with E-state index in [1.54, 1.807) is 13.8 Å². The van der Waals surface area contributed by atoms with Crippen LogP contribution >= 0.6 is 0 Å². The topological polar surface area (TPSA) is 66.8 Å². The summed E-state index contributed by atoms with van der Waals surface area (Å²) in [5.74, 6) is -2.78. The number of carbonyl (C=O) groups excluding carboxylic acids is 1. The number of pyridine rings is 1. The lowest BCUT2D eigenvalue weighted by molar-refractivity contribution is 0.104. The second-order valence-electron chi connectivity index (χ2n) is 4.96. The molecule has 0 saturated heterocycles. The molecule has 24 heavy (non-hydrogen) atoms. The Bertz CT molecular complexity index is 932. The highest BCUT2D eigenvalue weighted by Gasteiger charge is 2.25. The number of benzene rings is 1. The third-order valence-electron chi connectivity index (χ3n) is 3.45. The summed E-state index contributed by atoms with van der Waals surface area (Å²) in [6.45, 7) is 3.42. The van der Waals surface area contributed by atoms with Crippen molar-refractivity contribution in [2.75, 3.05) is 6.61 Å². The first kappa shape index (κ1) is 16.0. The summed E-state index contributed by atoms with van der Waals surface area (Å²) in [5, 5.41) is -0.169. The minimum Gasteiger partial charge on any atom is -0.455 e. The lowest BCUT2D eigenvalue weighted by atomic mass is 10.1. The van der Waals surface area contributed by atoms with Gasteiger partial charge in [0.05, 0.1) is 18.2 Å². The highest BCUT2D eigenvalue weighted by molar-refractivity contribution is 5.89. The fourth-order valence-electron chi connectivity index (χ4n) is 2.39.